The second-order valence-electron chi connectivity index (χ2n) is 2.27. The summed E-state index contributed by atoms with van der Waals surface area (Å²) in [5, 5.41) is 10.8. The van der Waals surface area contributed by atoms with Gasteiger partial charge in [0.15, 0.2) is 12.8 Å². The molecular weight excluding hydrogens is 187 g/mol. The van der Waals surface area contributed by atoms with E-state index in [2.05, 4.69) is 4.74 Å². The standard InChI is InChI=1S/C7H6F3NO2/c8-7(9,10)5-13-6-3-1-2-4-11(6)12/h1-4H,5H2. The summed E-state index contributed by atoms with van der Waals surface area (Å²) >= 11 is 0. The molecule has 1 aromatic heterocycles. The molecule has 0 amide bonds. The average Bonchev–Trinajstić information content (AvgIpc) is 2.01. The molecule has 0 saturated heterocycles. The lowest BCUT2D eigenvalue weighted by atomic mass is 10.5. The minimum absolute atomic E-state index is 0.228. The first-order valence-electron chi connectivity index (χ1n) is 3.37. The van der Waals surface area contributed by atoms with Gasteiger partial charge in [0.1, 0.15) is 0 Å². The van der Waals surface area contributed by atoms with Gasteiger partial charge in [-0.1, -0.05) is 0 Å². The van der Waals surface area contributed by atoms with Gasteiger partial charge >= 0.3 is 12.1 Å². The average molecular weight is 193 g/mol. The minimum Gasteiger partial charge on any atom is -0.616 e. The van der Waals surface area contributed by atoms with Crippen LogP contribution >= 0.6 is 0 Å². The third-order valence-corrected chi connectivity index (χ3v) is 1.17. The first kappa shape index (κ1) is 9.63. The van der Waals surface area contributed by atoms with E-state index in [1.165, 1.54) is 18.2 Å². The summed E-state index contributed by atoms with van der Waals surface area (Å²) in [6.07, 6.45) is -3.37. The Balaban J connectivity index is 2.60. The van der Waals surface area contributed by atoms with Crippen molar-refractivity contribution in [3.8, 4) is 5.88 Å². The summed E-state index contributed by atoms with van der Waals surface area (Å²) in [5.41, 5.74) is 0. The molecule has 72 valence electrons. The number of alkyl halides is 3. The molecule has 1 heterocycles. The molecule has 0 aromatic carbocycles. The van der Waals surface area contributed by atoms with E-state index in [1.54, 1.807) is 0 Å². The Hall–Kier alpha value is -1.46. The molecule has 0 atom stereocenters. The highest BCUT2D eigenvalue weighted by molar-refractivity contribution is 5.02. The van der Waals surface area contributed by atoms with Crippen LogP contribution in [0.15, 0.2) is 24.4 Å². The Morgan fingerprint density at radius 2 is 2.08 bits per heavy atom. The van der Waals surface area contributed by atoms with Crippen molar-refractivity contribution in [2.75, 3.05) is 6.61 Å². The van der Waals surface area contributed by atoms with Crippen LogP contribution < -0.4 is 9.47 Å². The van der Waals surface area contributed by atoms with Gasteiger partial charge in [-0.15, -0.1) is 4.73 Å². The summed E-state index contributed by atoms with van der Waals surface area (Å²) in [4.78, 5) is 0. The maximum absolute atomic E-state index is 11.6. The van der Waals surface area contributed by atoms with Gasteiger partial charge in [-0.3, -0.25) is 0 Å². The first-order chi connectivity index (χ1) is 5.99. The summed E-state index contributed by atoms with van der Waals surface area (Å²) < 4.78 is 39.4. The fourth-order valence-corrected chi connectivity index (χ4v) is 0.680. The van der Waals surface area contributed by atoms with Gasteiger partial charge in [0.05, 0.1) is 6.07 Å². The molecule has 0 aliphatic rings. The van der Waals surface area contributed by atoms with Crippen LogP contribution in [0.25, 0.3) is 0 Å². The molecular formula is C7H6F3NO2. The molecule has 0 bridgehead atoms. The van der Waals surface area contributed by atoms with E-state index in [0.717, 1.165) is 6.20 Å². The molecule has 13 heavy (non-hydrogen) atoms. The minimum atomic E-state index is -4.43. The van der Waals surface area contributed by atoms with E-state index in [9.17, 15) is 18.4 Å². The zero-order valence-electron chi connectivity index (χ0n) is 6.41. The normalized spacial score (nSPS) is 11.3. The van der Waals surface area contributed by atoms with Crippen molar-refractivity contribution in [3.63, 3.8) is 0 Å². The van der Waals surface area contributed by atoms with E-state index < -0.39 is 12.8 Å². The summed E-state index contributed by atoms with van der Waals surface area (Å²) in [6.45, 7) is -1.46. The summed E-state index contributed by atoms with van der Waals surface area (Å²) in [6, 6.07) is 3.98. The first-order valence-corrected chi connectivity index (χ1v) is 3.37. The molecule has 0 aliphatic heterocycles. The van der Waals surface area contributed by atoms with Crippen molar-refractivity contribution in [1.29, 1.82) is 0 Å². The molecule has 0 aliphatic carbocycles. The van der Waals surface area contributed by atoms with Crippen molar-refractivity contribution in [2.45, 2.75) is 6.18 Å². The number of halogens is 3. The predicted molar refractivity (Wildman–Crippen MR) is 37.0 cm³/mol. The Labute approximate surface area is 71.9 Å². The maximum atomic E-state index is 11.6. The summed E-state index contributed by atoms with van der Waals surface area (Å²) in [5.74, 6) is -0.361. The van der Waals surface area contributed by atoms with Gasteiger partial charge in [-0.05, 0) is 6.07 Å². The lowest BCUT2D eigenvalue weighted by Crippen LogP contribution is -2.31. The van der Waals surface area contributed by atoms with Crippen LogP contribution in [0.5, 0.6) is 5.88 Å². The van der Waals surface area contributed by atoms with Gasteiger partial charge in [-0.25, -0.2) is 0 Å². The van der Waals surface area contributed by atoms with E-state index in [0.29, 0.717) is 0 Å². The van der Waals surface area contributed by atoms with Crippen LogP contribution in [-0.2, 0) is 0 Å². The van der Waals surface area contributed by atoms with E-state index in [-0.39, 0.29) is 10.6 Å². The highest BCUT2D eigenvalue weighted by Crippen LogP contribution is 2.15. The molecule has 3 nitrogen and oxygen atoms in total. The number of ether oxygens (including phenoxy) is 1. The Kier molecular flexibility index (Phi) is 2.60. The Morgan fingerprint density at radius 3 is 2.62 bits per heavy atom. The number of hydrogen-bond donors (Lipinski definition) is 0. The quantitative estimate of drug-likeness (QED) is 0.523. The van der Waals surface area contributed by atoms with E-state index >= 15 is 0 Å². The van der Waals surface area contributed by atoms with Crippen molar-refractivity contribution < 1.29 is 22.6 Å². The van der Waals surface area contributed by atoms with Gasteiger partial charge < -0.3 is 9.94 Å². The summed E-state index contributed by atoms with van der Waals surface area (Å²) in [7, 11) is 0. The van der Waals surface area contributed by atoms with Crippen molar-refractivity contribution in [3.05, 3.63) is 29.6 Å². The molecule has 0 saturated carbocycles. The van der Waals surface area contributed by atoms with Crippen molar-refractivity contribution in [2.24, 2.45) is 0 Å². The fourth-order valence-electron chi connectivity index (χ4n) is 0.680. The molecule has 1 aromatic rings. The second kappa shape index (κ2) is 3.51. The molecule has 0 spiro atoms. The van der Waals surface area contributed by atoms with Crippen LogP contribution in [0.2, 0.25) is 0 Å². The maximum Gasteiger partial charge on any atom is 0.422 e. The van der Waals surface area contributed by atoms with Crippen LogP contribution in [0, 0.1) is 5.21 Å². The third kappa shape index (κ3) is 3.18. The number of rotatable bonds is 2. The largest absolute Gasteiger partial charge is 0.616 e. The van der Waals surface area contributed by atoms with Crippen molar-refractivity contribution >= 4 is 0 Å². The zero-order valence-corrected chi connectivity index (χ0v) is 6.41. The molecule has 6 heteroatoms. The fraction of sp³-hybridized carbons (Fsp3) is 0.286. The monoisotopic (exact) mass is 193 g/mol. The smallest absolute Gasteiger partial charge is 0.422 e. The number of aromatic nitrogens is 1. The topological polar surface area (TPSA) is 36.2 Å². The number of nitrogens with zero attached hydrogens (tertiary/aromatic N) is 1. The molecule has 1 rings (SSSR count). The van der Waals surface area contributed by atoms with Crippen LogP contribution in [0.4, 0.5) is 13.2 Å². The predicted octanol–water partition coefficient (Wildman–Crippen LogP) is 1.26. The van der Waals surface area contributed by atoms with Gasteiger partial charge in [0.25, 0.3) is 0 Å². The lowest BCUT2D eigenvalue weighted by Gasteiger charge is -2.07. The van der Waals surface area contributed by atoms with Gasteiger partial charge in [-0.2, -0.15) is 13.2 Å². The van der Waals surface area contributed by atoms with Crippen LogP contribution in [0.3, 0.4) is 0 Å². The zero-order chi connectivity index (χ0) is 9.90. The highest BCUT2D eigenvalue weighted by atomic mass is 19.4. The molecule has 0 fully saturated rings. The van der Waals surface area contributed by atoms with Crippen molar-refractivity contribution in [1.82, 2.24) is 0 Å². The highest BCUT2D eigenvalue weighted by Gasteiger charge is 2.29. The van der Waals surface area contributed by atoms with Gasteiger partial charge in [0.2, 0.25) is 0 Å². The SMILES string of the molecule is [O-][n+]1ccccc1OCC(F)(F)F. The van der Waals surface area contributed by atoms with E-state index in [4.69, 9.17) is 0 Å². The van der Waals surface area contributed by atoms with Crippen LogP contribution in [-0.4, -0.2) is 12.8 Å². The molecule has 0 unspecified atom stereocenters. The Morgan fingerprint density at radius 1 is 1.38 bits per heavy atom. The molecule has 0 radical (unpaired) electrons. The van der Waals surface area contributed by atoms with Gasteiger partial charge in [0, 0.05) is 6.07 Å². The number of hydrogen-bond acceptors (Lipinski definition) is 2. The van der Waals surface area contributed by atoms with Crippen LogP contribution in [0.1, 0.15) is 0 Å². The Bertz CT molecular complexity index is 287. The second-order valence-corrected chi connectivity index (χ2v) is 2.27. The number of pyridine rings is 1. The lowest BCUT2D eigenvalue weighted by molar-refractivity contribution is -0.613. The third-order valence-electron chi connectivity index (χ3n) is 1.17. The molecule has 0 N–H and O–H groups in total. The van der Waals surface area contributed by atoms with E-state index in [1.807, 2.05) is 0 Å².